The first-order valence-electron chi connectivity index (χ1n) is 5.85. The van der Waals surface area contributed by atoms with Crippen molar-refractivity contribution >= 4 is 11.9 Å². The number of methoxy groups -OCH3 is 1. The van der Waals surface area contributed by atoms with Gasteiger partial charge in [0.25, 0.3) is 0 Å². The van der Waals surface area contributed by atoms with Gasteiger partial charge >= 0.3 is 11.9 Å². The molecule has 0 radical (unpaired) electrons. The first-order valence-corrected chi connectivity index (χ1v) is 5.85. The van der Waals surface area contributed by atoms with Crippen molar-refractivity contribution < 1.29 is 28.2 Å². The van der Waals surface area contributed by atoms with Gasteiger partial charge in [-0.25, -0.2) is 18.4 Å². The van der Waals surface area contributed by atoms with Gasteiger partial charge in [0.1, 0.15) is 11.6 Å². The van der Waals surface area contributed by atoms with Crippen LogP contribution in [0.1, 0.15) is 20.7 Å². The smallest absolute Gasteiger partial charge is 0.337 e. The summed E-state index contributed by atoms with van der Waals surface area (Å²) in [4.78, 5) is 22.6. The van der Waals surface area contributed by atoms with Gasteiger partial charge in [-0.3, -0.25) is 0 Å². The minimum Gasteiger partial charge on any atom is -0.478 e. The van der Waals surface area contributed by atoms with Crippen LogP contribution in [-0.4, -0.2) is 24.2 Å². The molecule has 6 heteroatoms. The monoisotopic (exact) mass is 292 g/mol. The number of carbonyl (C=O) groups excluding carboxylic acids is 1. The molecule has 0 saturated carbocycles. The van der Waals surface area contributed by atoms with Crippen LogP contribution in [0.2, 0.25) is 0 Å². The Bertz CT molecular complexity index is 726. The van der Waals surface area contributed by atoms with E-state index in [0.717, 1.165) is 24.3 Å². The molecule has 1 N–H and O–H groups in total. The molecule has 108 valence electrons. The number of carboxylic acids is 1. The molecule has 0 spiro atoms. The Morgan fingerprint density at radius 3 is 2.38 bits per heavy atom. The van der Waals surface area contributed by atoms with E-state index in [1.54, 1.807) is 0 Å². The lowest BCUT2D eigenvalue weighted by Crippen LogP contribution is -2.04. The molecule has 0 atom stereocenters. The van der Waals surface area contributed by atoms with Crippen LogP contribution in [0, 0.1) is 11.6 Å². The second-order valence-electron chi connectivity index (χ2n) is 4.18. The molecule has 2 aromatic carbocycles. The average Bonchev–Trinajstić information content (AvgIpc) is 2.47. The van der Waals surface area contributed by atoms with Crippen molar-refractivity contribution in [3.05, 3.63) is 59.2 Å². The molecule has 2 rings (SSSR count). The number of aromatic carboxylic acids is 1. The van der Waals surface area contributed by atoms with E-state index in [4.69, 9.17) is 5.11 Å². The number of rotatable bonds is 3. The summed E-state index contributed by atoms with van der Waals surface area (Å²) < 4.78 is 31.6. The summed E-state index contributed by atoms with van der Waals surface area (Å²) in [5.41, 5.74) is -0.465. The van der Waals surface area contributed by atoms with Gasteiger partial charge in [-0.1, -0.05) is 6.07 Å². The van der Waals surface area contributed by atoms with Crippen LogP contribution in [0.4, 0.5) is 8.78 Å². The number of hydrogen-bond donors (Lipinski definition) is 1. The zero-order valence-corrected chi connectivity index (χ0v) is 10.9. The van der Waals surface area contributed by atoms with E-state index < -0.39 is 29.1 Å². The number of carbonyl (C=O) groups is 2. The van der Waals surface area contributed by atoms with Gasteiger partial charge in [-0.05, 0) is 35.9 Å². The summed E-state index contributed by atoms with van der Waals surface area (Å²) in [5, 5.41) is 9.09. The minimum absolute atomic E-state index is 0.0212. The highest BCUT2D eigenvalue weighted by Gasteiger charge is 2.18. The first-order chi connectivity index (χ1) is 9.93. The van der Waals surface area contributed by atoms with Gasteiger partial charge in [0.05, 0.1) is 18.2 Å². The fourth-order valence-corrected chi connectivity index (χ4v) is 1.90. The fraction of sp³-hybridized carbons (Fsp3) is 0.0667. The van der Waals surface area contributed by atoms with Crippen LogP contribution >= 0.6 is 0 Å². The predicted octanol–water partition coefficient (Wildman–Crippen LogP) is 3.12. The molecule has 0 bridgehead atoms. The third kappa shape index (κ3) is 2.89. The summed E-state index contributed by atoms with van der Waals surface area (Å²) >= 11 is 0. The van der Waals surface area contributed by atoms with Crippen LogP contribution in [0.15, 0.2) is 36.4 Å². The molecule has 0 aliphatic carbocycles. The van der Waals surface area contributed by atoms with E-state index in [-0.39, 0.29) is 16.7 Å². The summed E-state index contributed by atoms with van der Waals surface area (Å²) in [6.07, 6.45) is 0. The second kappa shape index (κ2) is 5.70. The van der Waals surface area contributed by atoms with Crippen molar-refractivity contribution in [3.8, 4) is 11.1 Å². The summed E-state index contributed by atoms with van der Waals surface area (Å²) in [7, 11) is 1.17. The Hall–Kier alpha value is -2.76. The highest BCUT2D eigenvalue weighted by atomic mass is 19.1. The van der Waals surface area contributed by atoms with Crippen molar-refractivity contribution in [1.82, 2.24) is 0 Å². The second-order valence-corrected chi connectivity index (χ2v) is 4.18. The van der Waals surface area contributed by atoms with E-state index in [1.807, 2.05) is 0 Å². The number of carboxylic acid groups (broad SMARTS) is 1. The van der Waals surface area contributed by atoms with E-state index in [9.17, 15) is 18.4 Å². The summed E-state index contributed by atoms with van der Waals surface area (Å²) in [6, 6.07) is 6.37. The van der Waals surface area contributed by atoms with Crippen molar-refractivity contribution in [1.29, 1.82) is 0 Å². The van der Waals surface area contributed by atoms with E-state index in [2.05, 4.69) is 4.74 Å². The molecule has 2 aromatic rings. The van der Waals surface area contributed by atoms with Crippen LogP contribution in [-0.2, 0) is 4.74 Å². The highest BCUT2D eigenvalue weighted by molar-refractivity contribution is 5.97. The number of hydrogen-bond acceptors (Lipinski definition) is 3. The predicted molar refractivity (Wildman–Crippen MR) is 70.1 cm³/mol. The zero-order valence-electron chi connectivity index (χ0n) is 10.9. The molecule has 0 heterocycles. The quantitative estimate of drug-likeness (QED) is 0.883. The molecule has 21 heavy (non-hydrogen) atoms. The lowest BCUT2D eigenvalue weighted by Gasteiger charge is -2.09. The van der Waals surface area contributed by atoms with Gasteiger partial charge in [0.15, 0.2) is 0 Å². The van der Waals surface area contributed by atoms with E-state index >= 15 is 0 Å². The van der Waals surface area contributed by atoms with Crippen LogP contribution in [0.3, 0.4) is 0 Å². The summed E-state index contributed by atoms with van der Waals surface area (Å²) in [6.45, 7) is 0. The molecular weight excluding hydrogens is 282 g/mol. The SMILES string of the molecule is COC(=O)c1ccc(F)c(-c2ccc(F)cc2C(=O)O)c1. The Morgan fingerprint density at radius 1 is 1.05 bits per heavy atom. The first kappa shape index (κ1) is 14.6. The fourth-order valence-electron chi connectivity index (χ4n) is 1.90. The maximum atomic E-state index is 13.9. The third-order valence-electron chi connectivity index (χ3n) is 2.89. The van der Waals surface area contributed by atoms with Crippen LogP contribution in [0.5, 0.6) is 0 Å². The van der Waals surface area contributed by atoms with Gasteiger partial charge < -0.3 is 9.84 Å². The molecule has 0 unspecified atom stereocenters. The normalized spacial score (nSPS) is 10.2. The van der Waals surface area contributed by atoms with Crippen molar-refractivity contribution in [2.24, 2.45) is 0 Å². The van der Waals surface area contributed by atoms with Gasteiger partial charge in [0, 0.05) is 5.56 Å². The Labute approximate surface area is 118 Å². The Kier molecular flexibility index (Phi) is 3.98. The number of halogens is 2. The van der Waals surface area contributed by atoms with E-state index in [0.29, 0.717) is 0 Å². The standard InChI is InChI=1S/C15H10F2O4/c1-21-15(20)8-2-5-13(17)11(6-8)10-4-3-9(16)7-12(10)14(18)19/h2-7H,1H3,(H,18,19). The van der Waals surface area contributed by atoms with Crippen molar-refractivity contribution in [2.75, 3.05) is 7.11 Å². The molecule has 0 saturated heterocycles. The zero-order chi connectivity index (χ0) is 15.6. The molecular formula is C15H10F2O4. The molecule has 0 fully saturated rings. The highest BCUT2D eigenvalue weighted by Crippen LogP contribution is 2.28. The van der Waals surface area contributed by atoms with Crippen molar-refractivity contribution in [2.45, 2.75) is 0 Å². The van der Waals surface area contributed by atoms with Gasteiger partial charge in [-0.2, -0.15) is 0 Å². The van der Waals surface area contributed by atoms with Crippen LogP contribution < -0.4 is 0 Å². The van der Waals surface area contributed by atoms with Crippen LogP contribution in [0.25, 0.3) is 11.1 Å². The molecule has 0 amide bonds. The summed E-state index contributed by atoms with van der Waals surface area (Å²) in [5.74, 6) is -3.56. The largest absolute Gasteiger partial charge is 0.478 e. The number of ether oxygens (including phenoxy) is 1. The third-order valence-corrected chi connectivity index (χ3v) is 2.89. The van der Waals surface area contributed by atoms with Gasteiger partial charge in [0.2, 0.25) is 0 Å². The van der Waals surface area contributed by atoms with E-state index in [1.165, 1.54) is 19.2 Å². The molecule has 0 aliphatic rings. The van der Waals surface area contributed by atoms with Gasteiger partial charge in [-0.15, -0.1) is 0 Å². The average molecular weight is 292 g/mol. The Morgan fingerprint density at radius 2 is 1.76 bits per heavy atom. The number of esters is 1. The maximum absolute atomic E-state index is 13.9. The molecule has 0 aliphatic heterocycles. The number of benzene rings is 2. The lowest BCUT2D eigenvalue weighted by atomic mass is 9.97. The topological polar surface area (TPSA) is 63.6 Å². The van der Waals surface area contributed by atoms with Crippen molar-refractivity contribution in [3.63, 3.8) is 0 Å². The molecule has 0 aromatic heterocycles. The lowest BCUT2D eigenvalue weighted by molar-refractivity contribution is 0.0600. The Balaban J connectivity index is 2.66. The minimum atomic E-state index is -1.40. The maximum Gasteiger partial charge on any atom is 0.337 e. The molecule has 4 nitrogen and oxygen atoms in total.